The van der Waals surface area contributed by atoms with Gasteiger partial charge in [-0.1, -0.05) is 12.1 Å². The zero-order valence-corrected chi connectivity index (χ0v) is 18.2. The second kappa shape index (κ2) is 8.31. The first-order valence-corrected chi connectivity index (χ1v) is 11.1. The van der Waals surface area contributed by atoms with Crippen molar-refractivity contribution in [2.24, 2.45) is 5.92 Å². The number of methoxy groups -OCH3 is 1. The zero-order chi connectivity index (χ0) is 23.3. The molecule has 0 saturated heterocycles. The number of carbonyl (C=O) groups is 1. The summed E-state index contributed by atoms with van der Waals surface area (Å²) < 4.78 is 41.4. The van der Waals surface area contributed by atoms with Gasteiger partial charge in [-0.3, -0.25) is 4.79 Å². The van der Waals surface area contributed by atoms with Gasteiger partial charge in [0.1, 0.15) is 23.7 Å². The van der Waals surface area contributed by atoms with Crippen LogP contribution in [0.4, 0.5) is 14.5 Å². The number of nitrogens with zero attached hydrogens (tertiary/aromatic N) is 2. The van der Waals surface area contributed by atoms with Gasteiger partial charge < -0.3 is 19.5 Å². The van der Waals surface area contributed by atoms with Crippen LogP contribution in [0.2, 0.25) is 0 Å². The van der Waals surface area contributed by atoms with Crippen LogP contribution in [0.5, 0.6) is 5.75 Å². The van der Waals surface area contributed by atoms with E-state index in [2.05, 4.69) is 0 Å². The lowest BCUT2D eigenvalue weighted by Gasteiger charge is -2.35. The van der Waals surface area contributed by atoms with E-state index in [0.717, 1.165) is 18.4 Å². The molecule has 0 spiro atoms. The van der Waals surface area contributed by atoms with Crippen molar-refractivity contribution in [1.82, 2.24) is 0 Å². The van der Waals surface area contributed by atoms with Crippen molar-refractivity contribution in [2.45, 2.75) is 50.4 Å². The average Bonchev–Trinajstić information content (AvgIpc) is 3.58. The van der Waals surface area contributed by atoms with E-state index >= 15 is 8.78 Å². The third-order valence-corrected chi connectivity index (χ3v) is 7.05. The Kier molecular flexibility index (Phi) is 5.45. The van der Waals surface area contributed by atoms with Gasteiger partial charge in [-0.05, 0) is 29.5 Å². The van der Waals surface area contributed by atoms with Crippen LogP contribution >= 0.6 is 0 Å². The highest BCUT2D eigenvalue weighted by Crippen LogP contribution is 2.49. The monoisotopic (exact) mass is 454 g/mol. The summed E-state index contributed by atoms with van der Waals surface area (Å²) in [6.07, 6.45) is 2.43. The van der Waals surface area contributed by atoms with Gasteiger partial charge in [0, 0.05) is 51.1 Å². The fourth-order valence-electron chi connectivity index (χ4n) is 4.89. The van der Waals surface area contributed by atoms with Crippen molar-refractivity contribution < 1.29 is 28.2 Å². The molecule has 33 heavy (non-hydrogen) atoms. The Labute approximate surface area is 190 Å². The predicted octanol–water partition coefficient (Wildman–Crippen LogP) is 4.14. The molecule has 6 nitrogen and oxygen atoms in total. The summed E-state index contributed by atoms with van der Waals surface area (Å²) in [4.78, 5) is 13.0. The highest BCUT2D eigenvalue weighted by atomic mass is 19.1. The van der Waals surface area contributed by atoms with Gasteiger partial charge in [0.25, 0.3) is 0 Å². The van der Waals surface area contributed by atoms with Crippen LogP contribution in [-0.2, 0) is 22.5 Å². The molecule has 2 aromatic carbocycles. The highest BCUT2D eigenvalue weighted by molar-refractivity contribution is 5.75. The smallest absolute Gasteiger partial charge is 0.307 e. The van der Waals surface area contributed by atoms with Gasteiger partial charge >= 0.3 is 5.97 Å². The number of anilines is 1. The Balaban J connectivity index is 1.38. The Morgan fingerprint density at radius 1 is 1.18 bits per heavy atom. The summed E-state index contributed by atoms with van der Waals surface area (Å²) in [5, 5.41) is 18.6. The lowest BCUT2D eigenvalue weighted by molar-refractivity contribution is -0.138. The summed E-state index contributed by atoms with van der Waals surface area (Å²) in [7, 11) is 1.65. The minimum Gasteiger partial charge on any atom is -0.490 e. The van der Waals surface area contributed by atoms with Crippen LogP contribution in [0.15, 0.2) is 24.3 Å². The molecule has 0 aromatic heterocycles. The van der Waals surface area contributed by atoms with E-state index in [1.165, 1.54) is 6.07 Å². The molecule has 8 heteroatoms. The van der Waals surface area contributed by atoms with E-state index in [9.17, 15) is 10.1 Å². The lowest BCUT2D eigenvalue weighted by atomic mass is 9.92. The normalized spacial score (nSPS) is 25.6. The second-order valence-corrected chi connectivity index (χ2v) is 9.05. The van der Waals surface area contributed by atoms with Crippen LogP contribution in [0.25, 0.3) is 0 Å². The molecule has 2 aromatic rings. The summed E-state index contributed by atoms with van der Waals surface area (Å²) in [6, 6.07) is 8.38. The van der Waals surface area contributed by atoms with E-state index in [1.807, 2.05) is 6.07 Å². The number of nitriles is 1. The van der Waals surface area contributed by atoms with Gasteiger partial charge in [-0.15, -0.1) is 0 Å². The van der Waals surface area contributed by atoms with Gasteiger partial charge in [-0.2, -0.15) is 5.26 Å². The number of rotatable bonds is 6. The number of benzene rings is 2. The Hall–Kier alpha value is -3.18. The molecular weight excluding hydrogens is 430 g/mol. The number of carboxylic acids is 1. The third kappa shape index (κ3) is 3.91. The third-order valence-electron chi connectivity index (χ3n) is 7.05. The Morgan fingerprint density at radius 2 is 1.97 bits per heavy atom. The first kappa shape index (κ1) is 21.7. The van der Waals surface area contributed by atoms with E-state index in [4.69, 9.17) is 14.6 Å². The topological polar surface area (TPSA) is 82.8 Å². The van der Waals surface area contributed by atoms with Crippen molar-refractivity contribution >= 4 is 11.7 Å². The van der Waals surface area contributed by atoms with Crippen LogP contribution in [0.3, 0.4) is 0 Å². The molecule has 2 atom stereocenters. The molecule has 1 heterocycles. The predicted molar refractivity (Wildman–Crippen MR) is 115 cm³/mol. The van der Waals surface area contributed by atoms with Crippen LogP contribution in [0, 0.1) is 28.9 Å². The number of ether oxygens (including phenoxy) is 2. The number of aliphatic carboxylic acids is 1. The number of carboxylic acid groups (broad SMARTS) is 1. The van der Waals surface area contributed by atoms with Crippen LogP contribution in [-0.4, -0.2) is 36.9 Å². The van der Waals surface area contributed by atoms with E-state index in [0.29, 0.717) is 42.8 Å². The highest BCUT2D eigenvalue weighted by Gasteiger charge is 2.46. The van der Waals surface area contributed by atoms with E-state index in [1.54, 1.807) is 30.2 Å². The fraction of sp³-hybridized carbons (Fsp3) is 0.440. The van der Waals surface area contributed by atoms with Crippen LogP contribution in [0.1, 0.15) is 47.4 Å². The summed E-state index contributed by atoms with van der Waals surface area (Å²) in [5.41, 5.74) is 1.92. The molecule has 2 aliphatic carbocycles. The summed E-state index contributed by atoms with van der Waals surface area (Å²) in [5.74, 6) is -2.21. The lowest BCUT2D eigenvalue weighted by Crippen LogP contribution is -2.39. The molecule has 2 saturated carbocycles. The maximum Gasteiger partial charge on any atom is 0.307 e. The van der Waals surface area contributed by atoms with E-state index < -0.39 is 17.7 Å². The first-order valence-electron chi connectivity index (χ1n) is 11.1. The molecule has 1 N–H and O–H groups in total. The molecule has 0 unspecified atom stereocenters. The first-order chi connectivity index (χ1) is 15.9. The summed E-state index contributed by atoms with van der Waals surface area (Å²) in [6.45, 7) is 0.667. The number of halogens is 2. The maximum atomic E-state index is 15.2. The van der Waals surface area contributed by atoms with Crippen LogP contribution < -0.4 is 9.64 Å². The van der Waals surface area contributed by atoms with Crippen molar-refractivity contribution in [2.75, 3.05) is 18.6 Å². The largest absolute Gasteiger partial charge is 0.490 e. The minimum atomic E-state index is -0.895. The van der Waals surface area contributed by atoms with Gasteiger partial charge in [0.2, 0.25) is 0 Å². The second-order valence-electron chi connectivity index (χ2n) is 9.05. The molecular formula is C25H24F2N2O4. The van der Waals surface area contributed by atoms with Gasteiger partial charge in [0.05, 0.1) is 23.3 Å². The number of fused-ring (bicyclic) bond motifs is 1. The molecule has 172 valence electrons. The van der Waals surface area contributed by atoms with Gasteiger partial charge in [0.15, 0.2) is 5.82 Å². The molecule has 5 rings (SSSR count). The Bertz CT molecular complexity index is 1160. The SMILES string of the molecule is COC1CC(Oc2cc(C#N)c(F)c(N3CCc4c(ccc([C@H]5C[C@@H]5C(=O)O)c4F)C3)c2)C1. The molecule has 0 radical (unpaired) electrons. The fourth-order valence-corrected chi connectivity index (χ4v) is 4.89. The van der Waals surface area contributed by atoms with Crippen molar-refractivity contribution in [3.63, 3.8) is 0 Å². The van der Waals surface area contributed by atoms with E-state index in [-0.39, 0.29) is 35.2 Å². The summed E-state index contributed by atoms with van der Waals surface area (Å²) >= 11 is 0. The van der Waals surface area contributed by atoms with Crippen molar-refractivity contribution in [3.8, 4) is 11.8 Å². The van der Waals surface area contributed by atoms with Crippen molar-refractivity contribution in [3.05, 3.63) is 58.2 Å². The quantitative estimate of drug-likeness (QED) is 0.706. The molecule has 0 bridgehead atoms. The standard InChI is InChI=1S/C25H24F2N2O4/c1-32-15-7-17(8-15)33-16-6-14(11-28)23(26)22(9-16)29-5-4-18-13(12-29)2-3-19(24(18)27)20-10-21(20)25(30)31/h2-3,6,9,15,17,20-21H,4-5,7-8,10,12H2,1H3,(H,30,31)/t15?,17?,20-,21+/m1/s1. The maximum absolute atomic E-state index is 15.2. The molecule has 1 aliphatic heterocycles. The Morgan fingerprint density at radius 3 is 2.64 bits per heavy atom. The minimum absolute atomic E-state index is 0.0357. The average molecular weight is 454 g/mol. The van der Waals surface area contributed by atoms with Gasteiger partial charge in [-0.25, -0.2) is 8.78 Å². The molecule has 2 fully saturated rings. The zero-order valence-electron chi connectivity index (χ0n) is 18.2. The number of hydrogen-bond donors (Lipinski definition) is 1. The number of hydrogen-bond acceptors (Lipinski definition) is 5. The molecule has 0 amide bonds. The van der Waals surface area contributed by atoms with Crippen molar-refractivity contribution in [1.29, 1.82) is 5.26 Å². The molecule has 3 aliphatic rings.